The van der Waals surface area contributed by atoms with Gasteiger partial charge < -0.3 is 15.4 Å². The van der Waals surface area contributed by atoms with E-state index in [0.717, 1.165) is 42.8 Å². The predicted octanol–water partition coefficient (Wildman–Crippen LogP) is 3.09. The Balaban J connectivity index is 1.72. The molecule has 1 amide bonds. The van der Waals surface area contributed by atoms with E-state index >= 15 is 0 Å². The van der Waals surface area contributed by atoms with Crippen LogP contribution in [0.2, 0.25) is 0 Å². The summed E-state index contributed by atoms with van der Waals surface area (Å²) in [7, 11) is 0. The van der Waals surface area contributed by atoms with Gasteiger partial charge in [-0.2, -0.15) is 0 Å². The van der Waals surface area contributed by atoms with Gasteiger partial charge in [-0.05, 0) is 43.5 Å². The van der Waals surface area contributed by atoms with Crippen LogP contribution in [0.5, 0.6) is 5.75 Å². The summed E-state index contributed by atoms with van der Waals surface area (Å²) in [6.07, 6.45) is 1.85. The molecule has 4 rings (SSSR count). The van der Waals surface area contributed by atoms with Crippen molar-refractivity contribution in [3.63, 3.8) is 0 Å². The number of nitrogens with one attached hydrogen (secondary N) is 2. The van der Waals surface area contributed by atoms with Crippen molar-refractivity contribution < 1.29 is 9.53 Å². The molecule has 0 bridgehead atoms. The van der Waals surface area contributed by atoms with Crippen LogP contribution in [0.4, 0.5) is 0 Å². The molecule has 0 radical (unpaired) electrons. The smallest absolute Gasteiger partial charge is 0.241 e. The molecule has 2 saturated heterocycles. The van der Waals surface area contributed by atoms with Crippen LogP contribution in [0.15, 0.2) is 48.5 Å². The predicted molar refractivity (Wildman–Crippen MR) is 98.8 cm³/mol. The topological polar surface area (TPSA) is 50.4 Å². The van der Waals surface area contributed by atoms with E-state index in [1.807, 2.05) is 25.1 Å². The monoisotopic (exact) mass is 336 g/mol. The second-order valence-electron chi connectivity index (χ2n) is 6.80. The van der Waals surface area contributed by atoms with Gasteiger partial charge in [-0.1, -0.05) is 42.5 Å². The van der Waals surface area contributed by atoms with E-state index < -0.39 is 5.54 Å². The Labute approximate surface area is 148 Å². The molecule has 0 aromatic heterocycles. The lowest BCUT2D eigenvalue weighted by atomic mass is 9.78. The minimum absolute atomic E-state index is 0.148. The first-order valence-corrected chi connectivity index (χ1v) is 9.10. The normalized spacial score (nSPS) is 25.3. The number of hydrogen-bond acceptors (Lipinski definition) is 3. The van der Waals surface area contributed by atoms with Gasteiger partial charge in [0.05, 0.1) is 6.61 Å². The fraction of sp³-hybridized carbons (Fsp3) is 0.381. The van der Waals surface area contributed by atoms with E-state index in [2.05, 4.69) is 41.0 Å². The Bertz CT molecular complexity index is 785. The highest BCUT2D eigenvalue weighted by Gasteiger charge is 2.51. The van der Waals surface area contributed by atoms with Crippen LogP contribution in [0.25, 0.3) is 11.1 Å². The average Bonchev–Trinajstić information content (AvgIpc) is 3.23. The molecule has 0 aliphatic carbocycles. The summed E-state index contributed by atoms with van der Waals surface area (Å²) in [5.74, 6) is 1.27. The third-order valence-electron chi connectivity index (χ3n) is 5.47. The quantitative estimate of drug-likeness (QED) is 0.902. The number of ether oxygens (including phenoxy) is 1. The first-order chi connectivity index (χ1) is 12.2. The van der Waals surface area contributed by atoms with Crippen molar-refractivity contribution in [1.82, 2.24) is 10.6 Å². The summed E-state index contributed by atoms with van der Waals surface area (Å²) < 4.78 is 5.79. The molecule has 25 heavy (non-hydrogen) atoms. The van der Waals surface area contributed by atoms with Crippen molar-refractivity contribution in [2.75, 3.05) is 19.7 Å². The molecule has 2 aromatic carbocycles. The van der Waals surface area contributed by atoms with Gasteiger partial charge in [-0.3, -0.25) is 4.79 Å². The molecule has 2 fully saturated rings. The highest BCUT2D eigenvalue weighted by atomic mass is 16.5. The van der Waals surface area contributed by atoms with E-state index in [-0.39, 0.29) is 11.8 Å². The van der Waals surface area contributed by atoms with Crippen molar-refractivity contribution in [2.24, 2.45) is 0 Å². The lowest BCUT2D eigenvalue weighted by Gasteiger charge is -2.29. The van der Waals surface area contributed by atoms with Crippen LogP contribution in [0.1, 0.15) is 31.2 Å². The number of benzene rings is 2. The number of carbonyl (C=O) groups is 1. The molecule has 4 nitrogen and oxygen atoms in total. The zero-order valence-electron chi connectivity index (χ0n) is 14.5. The SMILES string of the molecule is CCOc1ccccc1-c1cccc(C2CCNC23CCNC3=O)c1. The summed E-state index contributed by atoms with van der Waals surface area (Å²) in [6, 6.07) is 16.7. The number of amides is 1. The van der Waals surface area contributed by atoms with Gasteiger partial charge in [-0.25, -0.2) is 0 Å². The second-order valence-corrected chi connectivity index (χ2v) is 6.80. The van der Waals surface area contributed by atoms with E-state index in [1.165, 1.54) is 5.56 Å². The highest BCUT2D eigenvalue weighted by molar-refractivity contribution is 5.90. The fourth-order valence-electron chi connectivity index (χ4n) is 4.32. The van der Waals surface area contributed by atoms with E-state index in [4.69, 9.17) is 4.74 Å². The first kappa shape index (κ1) is 16.2. The van der Waals surface area contributed by atoms with Crippen LogP contribution < -0.4 is 15.4 Å². The number of hydrogen-bond donors (Lipinski definition) is 2. The molecule has 2 aliphatic heterocycles. The zero-order chi connectivity index (χ0) is 17.3. The molecule has 4 heteroatoms. The Morgan fingerprint density at radius 1 is 1.16 bits per heavy atom. The van der Waals surface area contributed by atoms with Gasteiger partial charge in [0, 0.05) is 18.0 Å². The summed E-state index contributed by atoms with van der Waals surface area (Å²) in [6.45, 7) is 4.29. The standard InChI is InChI=1S/C21H24N2O2/c1-2-25-19-9-4-3-8-17(19)15-6-5-7-16(14-15)18-10-12-23-21(18)11-13-22-20(21)24/h3-9,14,18,23H,2,10-13H2,1H3,(H,22,24). The third kappa shape index (κ3) is 2.71. The summed E-state index contributed by atoms with van der Waals surface area (Å²) >= 11 is 0. The van der Waals surface area contributed by atoms with Crippen molar-refractivity contribution in [1.29, 1.82) is 0 Å². The zero-order valence-corrected chi connectivity index (χ0v) is 14.5. The minimum atomic E-state index is -0.432. The fourth-order valence-corrected chi connectivity index (χ4v) is 4.32. The average molecular weight is 336 g/mol. The van der Waals surface area contributed by atoms with E-state index in [9.17, 15) is 4.79 Å². The van der Waals surface area contributed by atoms with Crippen LogP contribution in [-0.2, 0) is 4.79 Å². The maximum Gasteiger partial charge on any atom is 0.241 e. The van der Waals surface area contributed by atoms with Crippen LogP contribution in [-0.4, -0.2) is 31.1 Å². The number of para-hydroxylation sites is 1. The van der Waals surface area contributed by atoms with Gasteiger partial charge in [0.25, 0.3) is 0 Å². The van der Waals surface area contributed by atoms with E-state index in [0.29, 0.717) is 6.61 Å². The van der Waals surface area contributed by atoms with Gasteiger partial charge >= 0.3 is 0 Å². The summed E-state index contributed by atoms with van der Waals surface area (Å²) in [5, 5.41) is 6.49. The Morgan fingerprint density at radius 2 is 2.04 bits per heavy atom. The molecule has 130 valence electrons. The van der Waals surface area contributed by atoms with E-state index in [1.54, 1.807) is 0 Å². The Hall–Kier alpha value is -2.33. The van der Waals surface area contributed by atoms with Crippen molar-refractivity contribution in [3.05, 3.63) is 54.1 Å². The maximum atomic E-state index is 12.5. The minimum Gasteiger partial charge on any atom is -0.493 e. The van der Waals surface area contributed by atoms with Gasteiger partial charge in [0.2, 0.25) is 5.91 Å². The third-order valence-corrected chi connectivity index (χ3v) is 5.47. The molecule has 2 heterocycles. The number of rotatable bonds is 4. The van der Waals surface area contributed by atoms with Crippen molar-refractivity contribution >= 4 is 5.91 Å². The van der Waals surface area contributed by atoms with Crippen molar-refractivity contribution in [2.45, 2.75) is 31.2 Å². The molecular formula is C21H24N2O2. The summed E-state index contributed by atoms with van der Waals surface area (Å²) in [4.78, 5) is 12.5. The first-order valence-electron chi connectivity index (χ1n) is 9.10. The number of carbonyl (C=O) groups excluding carboxylic acids is 1. The lowest BCUT2D eigenvalue weighted by molar-refractivity contribution is -0.124. The van der Waals surface area contributed by atoms with Crippen molar-refractivity contribution in [3.8, 4) is 16.9 Å². The van der Waals surface area contributed by atoms with Gasteiger partial charge in [0.15, 0.2) is 0 Å². The molecule has 1 spiro atoms. The molecule has 2 aromatic rings. The van der Waals surface area contributed by atoms with Gasteiger partial charge in [-0.15, -0.1) is 0 Å². The molecule has 2 atom stereocenters. The summed E-state index contributed by atoms with van der Waals surface area (Å²) in [5.41, 5.74) is 3.04. The second kappa shape index (κ2) is 6.52. The van der Waals surface area contributed by atoms with Crippen LogP contribution in [0, 0.1) is 0 Å². The lowest BCUT2D eigenvalue weighted by Crippen LogP contribution is -2.50. The van der Waals surface area contributed by atoms with Crippen LogP contribution >= 0.6 is 0 Å². The van der Waals surface area contributed by atoms with Gasteiger partial charge in [0.1, 0.15) is 11.3 Å². The molecule has 0 saturated carbocycles. The highest BCUT2D eigenvalue weighted by Crippen LogP contribution is 2.42. The Kier molecular flexibility index (Phi) is 4.22. The largest absolute Gasteiger partial charge is 0.493 e. The molecule has 2 unspecified atom stereocenters. The molecule has 2 aliphatic rings. The molecule has 2 N–H and O–H groups in total. The van der Waals surface area contributed by atoms with Crippen LogP contribution in [0.3, 0.4) is 0 Å². The Morgan fingerprint density at radius 3 is 2.84 bits per heavy atom. The molecular weight excluding hydrogens is 312 g/mol. The maximum absolute atomic E-state index is 12.5.